The molecule has 11 heteroatoms. The van der Waals surface area contributed by atoms with Gasteiger partial charge in [0, 0.05) is 43.2 Å². The Bertz CT molecular complexity index is 1390. The second-order valence-electron chi connectivity index (χ2n) is 13.4. The highest BCUT2D eigenvalue weighted by molar-refractivity contribution is 5.93. The number of rotatable bonds is 8. The van der Waals surface area contributed by atoms with Crippen LogP contribution in [0.2, 0.25) is 0 Å². The second-order valence-corrected chi connectivity index (χ2v) is 13.4. The Morgan fingerprint density at radius 1 is 1.02 bits per heavy atom. The number of carbonyl (C=O) groups excluding carboxylic acids is 3. The normalized spacial score (nSPS) is 22.7. The highest BCUT2D eigenvalue weighted by Crippen LogP contribution is 2.33. The molecule has 0 spiro atoms. The molecule has 2 aromatic rings. The molecule has 5 rings (SSSR count). The number of amides is 4. The first-order chi connectivity index (χ1) is 21.4. The highest BCUT2D eigenvalue weighted by Gasteiger charge is 2.44. The third kappa shape index (κ3) is 7.24. The minimum Gasteiger partial charge on any atom is -0.493 e. The van der Waals surface area contributed by atoms with E-state index in [4.69, 9.17) is 4.74 Å². The molecular weight excluding hydrogens is 574 g/mol. The Labute approximate surface area is 264 Å². The van der Waals surface area contributed by atoms with E-state index in [2.05, 4.69) is 15.5 Å². The first-order valence-corrected chi connectivity index (χ1v) is 15.9. The van der Waals surface area contributed by atoms with Gasteiger partial charge in [0.05, 0.1) is 18.6 Å². The Hall–Kier alpha value is -4.12. The maximum atomic E-state index is 14.5. The van der Waals surface area contributed by atoms with Crippen LogP contribution in [0.3, 0.4) is 0 Å². The molecule has 2 saturated heterocycles. The Morgan fingerprint density at radius 2 is 1.73 bits per heavy atom. The van der Waals surface area contributed by atoms with E-state index >= 15 is 0 Å². The topological polar surface area (TPSA) is 132 Å². The minimum absolute atomic E-state index is 0.0290. The fourth-order valence-electron chi connectivity index (χ4n) is 6.62. The summed E-state index contributed by atoms with van der Waals surface area (Å²) in [5.74, 6) is -0.999. The van der Waals surface area contributed by atoms with Crippen molar-refractivity contribution >= 4 is 23.8 Å². The van der Waals surface area contributed by atoms with E-state index < -0.39 is 35.5 Å². The summed E-state index contributed by atoms with van der Waals surface area (Å²) in [4.78, 5) is 59.2. The summed E-state index contributed by atoms with van der Waals surface area (Å²) in [5, 5.41) is 15.9. The summed E-state index contributed by atoms with van der Waals surface area (Å²) in [7, 11) is 0. The molecule has 0 unspecified atom stereocenters. The molecule has 0 aromatic heterocycles. The van der Waals surface area contributed by atoms with Crippen LogP contribution < -0.4 is 15.4 Å². The molecule has 0 bridgehead atoms. The summed E-state index contributed by atoms with van der Waals surface area (Å²) in [5.41, 5.74) is 0.806. The fraction of sp³-hybridized carbons (Fsp3) is 0.529. The van der Waals surface area contributed by atoms with E-state index in [-0.39, 0.29) is 30.4 Å². The quantitative estimate of drug-likeness (QED) is 0.412. The number of hydrogen-bond donors (Lipinski definition) is 3. The molecule has 3 aliphatic heterocycles. The number of nitrogens with one attached hydrogen (secondary N) is 2. The lowest BCUT2D eigenvalue weighted by Crippen LogP contribution is -2.64. The number of carboxylic acid groups (broad SMARTS) is 1. The summed E-state index contributed by atoms with van der Waals surface area (Å²) in [6.07, 6.45) is 1.44. The average molecular weight is 620 g/mol. The van der Waals surface area contributed by atoms with Crippen LogP contribution in [0.4, 0.5) is 4.79 Å². The molecule has 2 aromatic carbocycles. The largest absolute Gasteiger partial charge is 0.493 e. The SMILES string of the molecule is C[C@@H](CN(C(=O)O)C(C)(C)C)C(=O)N[C@H](C(=O)N1C[C@H]2CCCN2C[C@H]1C(=O)N[C@@H]1CCOc2ccccc21)c1ccccc1. The van der Waals surface area contributed by atoms with E-state index in [1.807, 2.05) is 30.3 Å². The zero-order valence-electron chi connectivity index (χ0n) is 26.6. The number of nitrogens with zero attached hydrogens (tertiary/aromatic N) is 3. The van der Waals surface area contributed by atoms with Crippen LogP contribution in [0.5, 0.6) is 5.75 Å². The molecule has 242 valence electrons. The van der Waals surface area contributed by atoms with Gasteiger partial charge in [0.2, 0.25) is 11.8 Å². The van der Waals surface area contributed by atoms with Gasteiger partial charge in [-0.05, 0) is 51.8 Å². The molecule has 4 amide bonds. The molecule has 45 heavy (non-hydrogen) atoms. The van der Waals surface area contributed by atoms with Gasteiger partial charge in [-0.15, -0.1) is 0 Å². The van der Waals surface area contributed by atoms with Crippen LogP contribution in [0.15, 0.2) is 54.6 Å². The van der Waals surface area contributed by atoms with Crippen molar-refractivity contribution in [3.63, 3.8) is 0 Å². The summed E-state index contributed by atoms with van der Waals surface area (Å²) >= 11 is 0. The first kappa shape index (κ1) is 32.3. The maximum absolute atomic E-state index is 14.5. The van der Waals surface area contributed by atoms with Crippen LogP contribution >= 0.6 is 0 Å². The van der Waals surface area contributed by atoms with Crippen molar-refractivity contribution in [3.05, 3.63) is 65.7 Å². The molecule has 3 N–H and O–H groups in total. The van der Waals surface area contributed by atoms with Gasteiger partial charge in [-0.3, -0.25) is 19.3 Å². The van der Waals surface area contributed by atoms with Crippen molar-refractivity contribution in [2.45, 2.75) is 76.7 Å². The molecule has 3 aliphatic rings. The Balaban J connectivity index is 1.39. The Kier molecular flexibility index (Phi) is 9.67. The van der Waals surface area contributed by atoms with Gasteiger partial charge in [-0.1, -0.05) is 55.5 Å². The number of piperazine rings is 1. The molecule has 5 atom stereocenters. The zero-order valence-corrected chi connectivity index (χ0v) is 26.6. The van der Waals surface area contributed by atoms with Crippen molar-refractivity contribution in [2.24, 2.45) is 5.92 Å². The number of para-hydroxylation sites is 1. The number of ether oxygens (including phenoxy) is 1. The van der Waals surface area contributed by atoms with Crippen LogP contribution in [0.25, 0.3) is 0 Å². The van der Waals surface area contributed by atoms with E-state index in [0.717, 1.165) is 30.7 Å². The minimum atomic E-state index is -1.12. The molecule has 3 heterocycles. The van der Waals surface area contributed by atoms with Crippen LogP contribution in [-0.2, 0) is 14.4 Å². The van der Waals surface area contributed by atoms with Crippen LogP contribution in [0.1, 0.15) is 70.2 Å². The molecule has 11 nitrogen and oxygen atoms in total. The first-order valence-electron chi connectivity index (χ1n) is 15.9. The lowest BCUT2D eigenvalue weighted by molar-refractivity contribution is -0.148. The van der Waals surface area contributed by atoms with Gasteiger partial charge in [-0.2, -0.15) is 0 Å². The standard InChI is InChI=1S/C34H45N5O6/c1-22(19-39(33(43)44)34(2,3)4)30(40)36-29(23-11-6-5-7-12-23)32(42)38-20-24-13-10-17-37(24)21-27(38)31(41)35-26-16-18-45-28-15-9-8-14-25(26)28/h5-9,11-12,14-15,22,24,26-27,29H,10,13,16-21H2,1-4H3,(H,35,41)(H,36,40)(H,43,44)/t22-,24+,26+,27-,29-/m0/s1. The van der Waals surface area contributed by atoms with E-state index in [0.29, 0.717) is 31.7 Å². The third-order valence-corrected chi connectivity index (χ3v) is 9.16. The number of benzene rings is 2. The average Bonchev–Trinajstić information content (AvgIpc) is 3.49. The lowest BCUT2D eigenvalue weighted by Gasteiger charge is -2.44. The van der Waals surface area contributed by atoms with Crippen LogP contribution in [0, 0.1) is 5.92 Å². The van der Waals surface area contributed by atoms with E-state index in [9.17, 15) is 24.3 Å². The van der Waals surface area contributed by atoms with Gasteiger partial charge in [-0.25, -0.2) is 4.79 Å². The predicted octanol–water partition coefficient (Wildman–Crippen LogP) is 3.57. The fourth-order valence-corrected chi connectivity index (χ4v) is 6.62. The number of hydrogen-bond acceptors (Lipinski definition) is 6. The van der Waals surface area contributed by atoms with Crippen molar-refractivity contribution in [1.82, 2.24) is 25.3 Å². The van der Waals surface area contributed by atoms with Gasteiger partial charge >= 0.3 is 6.09 Å². The van der Waals surface area contributed by atoms with E-state index in [1.165, 1.54) is 4.90 Å². The highest BCUT2D eigenvalue weighted by atomic mass is 16.5. The maximum Gasteiger partial charge on any atom is 0.407 e. The van der Waals surface area contributed by atoms with Gasteiger partial charge in [0.25, 0.3) is 5.91 Å². The van der Waals surface area contributed by atoms with Gasteiger partial charge < -0.3 is 30.3 Å². The molecular formula is C34H45N5O6. The van der Waals surface area contributed by atoms with Gasteiger partial charge in [0.1, 0.15) is 17.8 Å². The smallest absolute Gasteiger partial charge is 0.407 e. The lowest BCUT2D eigenvalue weighted by atomic mass is 9.98. The number of fused-ring (bicyclic) bond motifs is 2. The molecule has 0 aliphatic carbocycles. The van der Waals surface area contributed by atoms with E-state index in [1.54, 1.807) is 56.9 Å². The van der Waals surface area contributed by atoms with Crippen molar-refractivity contribution in [1.29, 1.82) is 0 Å². The number of carbonyl (C=O) groups is 4. The van der Waals surface area contributed by atoms with Crippen molar-refractivity contribution < 1.29 is 29.0 Å². The van der Waals surface area contributed by atoms with Crippen molar-refractivity contribution in [2.75, 3.05) is 32.8 Å². The zero-order chi connectivity index (χ0) is 32.3. The second kappa shape index (κ2) is 13.5. The summed E-state index contributed by atoms with van der Waals surface area (Å²) < 4.78 is 5.79. The molecule has 2 fully saturated rings. The molecule has 0 saturated carbocycles. The van der Waals surface area contributed by atoms with Crippen molar-refractivity contribution in [3.8, 4) is 5.75 Å². The summed E-state index contributed by atoms with van der Waals surface area (Å²) in [6.45, 7) is 9.10. The third-order valence-electron chi connectivity index (χ3n) is 9.16. The van der Waals surface area contributed by atoms with Gasteiger partial charge in [0.15, 0.2) is 0 Å². The van der Waals surface area contributed by atoms with Crippen LogP contribution in [-0.4, -0.2) is 94.0 Å². The monoisotopic (exact) mass is 619 g/mol. The predicted molar refractivity (Wildman–Crippen MR) is 169 cm³/mol. The molecule has 0 radical (unpaired) electrons. The Morgan fingerprint density at radius 3 is 2.44 bits per heavy atom. The summed E-state index contributed by atoms with van der Waals surface area (Å²) in [6, 6.07) is 14.8.